The van der Waals surface area contributed by atoms with Gasteiger partial charge in [0.25, 0.3) is 0 Å². The van der Waals surface area contributed by atoms with Crippen molar-refractivity contribution in [2.45, 2.75) is 6.92 Å². The number of hydrogen-bond acceptors (Lipinski definition) is 10. The average Bonchev–Trinajstić information content (AvgIpc) is 3.00. The highest BCUT2D eigenvalue weighted by molar-refractivity contribution is 5.95. The summed E-state index contributed by atoms with van der Waals surface area (Å²) in [6.07, 6.45) is 0. The summed E-state index contributed by atoms with van der Waals surface area (Å²) in [5.41, 5.74) is 1.76. The minimum atomic E-state index is -0.603. The summed E-state index contributed by atoms with van der Waals surface area (Å²) in [7, 11) is 0. The summed E-state index contributed by atoms with van der Waals surface area (Å²) in [6, 6.07) is 22.5. The summed E-state index contributed by atoms with van der Waals surface area (Å²) in [5, 5.41) is 0. The van der Waals surface area contributed by atoms with Crippen molar-refractivity contribution in [2.75, 3.05) is 59.6 Å². The topological polar surface area (TPSA) is 116 Å². The van der Waals surface area contributed by atoms with Gasteiger partial charge in [-0.25, -0.2) is 14.4 Å². The van der Waals surface area contributed by atoms with Crippen LogP contribution >= 0.6 is 0 Å². The van der Waals surface area contributed by atoms with E-state index < -0.39 is 17.9 Å². The lowest BCUT2D eigenvalue weighted by Gasteiger charge is -2.09. The molecule has 0 atom stereocenters. The normalized spacial score (nSPS) is 10.6. The molecule has 218 valence electrons. The van der Waals surface area contributed by atoms with E-state index in [1.807, 2.05) is 49.4 Å². The van der Waals surface area contributed by atoms with Gasteiger partial charge in [0.2, 0.25) is 0 Å². The van der Waals surface area contributed by atoms with Crippen molar-refractivity contribution in [3.05, 3.63) is 101 Å². The zero-order valence-corrected chi connectivity index (χ0v) is 23.0. The standard InChI is InChI=1S/C31H34O10/c1-24-8-5-6-13-28(24)31(34)40-21-18-36-17-20-39-30(33)26-10-7-9-25(22-26)29(32)38-19-16-35-14-15-37-23-41-27-11-3-2-4-12-27/h2-13,22H,14-21,23H2,1H3. The van der Waals surface area contributed by atoms with Gasteiger partial charge in [-0.15, -0.1) is 0 Å². The number of esters is 3. The molecule has 0 aromatic heterocycles. The van der Waals surface area contributed by atoms with Crippen LogP contribution in [0.3, 0.4) is 0 Å². The van der Waals surface area contributed by atoms with Gasteiger partial charge in [-0.3, -0.25) is 0 Å². The van der Waals surface area contributed by atoms with Gasteiger partial charge in [-0.05, 0) is 48.9 Å². The maximum atomic E-state index is 12.3. The van der Waals surface area contributed by atoms with Crippen LogP contribution in [0.15, 0.2) is 78.9 Å². The third-order valence-corrected chi connectivity index (χ3v) is 5.51. The third kappa shape index (κ3) is 11.8. The molecule has 10 nitrogen and oxygen atoms in total. The van der Waals surface area contributed by atoms with Gasteiger partial charge in [0, 0.05) is 0 Å². The number of hydrogen-bond donors (Lipinski definition) is 0. The van der Waals surface area contributed by atoms with E-state index in [0.29, 0.717) is 18.8 Å². The van der Waals surface area contributed by atoms with Crippen LogP contribution in [0.5, 0.6) is 5.75 Å². The van der Waals surface area contributed by atoms with E-state index in [1.54, 1.807) is 24.3 Å². The SMILES string of the molecule is Cc1ccccc1C(=O)OCCOCCOC(=O)c1cccc(C(=O)OCCOCCOCOc2ccccc2)c1. The zero-order chi connectivity index (χ0) is 29.1. The van der Waals surface area contributed by atoms with E-state index in [0.717, 1.165) is 11.3 Å². The highest BCUT2D eigenvalue weighted by atomic mass is 16.7. The molecule has 0 aliphatic carbocycles. The minimum Gasteiger partial charge on any atom is -0.468 e. The molecule has 0 radical (unpaired) electrons. The fourth-order valence-electron chi connectivity index (χ4n) is 3.41. The van der Waals surface area contributed by atoms with Crippen LogP contribution < -0.4 is 4.74 Å². The molecule has 3 rings (SSSR count). The number of aryl methyl sites for hydroxylation is 1. The molecule has 0 saturated carbocycles. The number of carbonyl (C=O) groups is 3. The van der Waals surface area contributed by atoms with Crippen molar-refractivity contribution >= 4 is 17.9 Å². The Morgan fingerprint density at radius 2 is 1.05 bits per heavy atom. The Bertz CT molecular complexity index is 1230. The van der Waals surface area contributed by atoms with Crippen LogP contribution in [0.25, 0.3) is 0 Å². The monoisotopic (exact) mass is 566 g/mol. The Morgan fingerprint density at radius 3 is 1.66 bits per heavy atom. The summed E-state index contributed by atoms with van der Waals surface area (Å²) in [5.74, 6) is -0.884. The van der Waals surface area contributed by atoms with Gasteiger partial charge < -0.3 is 33.2 Å². The first-order valence-electron chi connectivity index (χ1n) is 13.1. The predicted molar refractivity (Wildman–Crippen MR) is 148 cm³/mol. The first-order valence-corrected chi connectivity index (χ1v) is 13.1. The Hall–Kier alpha value is -4.25. The van der Waals surface area contributed by atoms with E-state index >= 15 is 0 Å². The fraction of sp³-hybridized carbons (Fsp3) is 0.323. The van der Waals surface area contributed by atoms with E-state index in [4.69, 9.17) is 33.2 Å². The summed E-state index contributed by atoms with van der Waals surface area (Å²) >= 11 is 0. The summed E-state index contributed by atoms with van der Waals surface area (Å²) in [4.78, 5) is 36.7. The molecule has 3 aromatic rings. The van der Waals surface area contributed by atoms with Crippen LogP contribution in [0, 0.1) is 6.92 Å². The first kappa shape index (κ1) is 31.3. The summed E-state index contributed by atoms with van der Waals surface area (Å²) < 4.78 is 37.0. The molecule has 10 heteroatoms. The maximum Gasteiger partial charge on any atom is 0.338 e. The summed E-state index contributed by atoms with van der Waals surface area (Å²) in [6.45, 7) is 3.20. The fourth-order valence-corrected chi connectivity index (χ4v) is 3.41. The number of para-hydroxylation sites is 1. The van der Waals surface area contributed by atoms with E-state index in [-0.39, 0.29) is 57.6 Å². The van der Waals surface area contributed by atoms with Crippen molar-refractivity contribution in [1.82, 2.24) is 0 Å². The van der Waals surface area contributed by atoms with Crippen LogP contribution in [-0.4, -0.2) is 77.6 Å². The smallest absolute Gasteiger partial charge is 0.338 e. The zero-order valence-electron chi connectivity index (χ0n) is 23.0. The second-order valence-corrected chi connectivity index (χ2v) is 8.51. The number of rotatable bonds is 18. The van der Waals surface area contributed by atoms with E-state index in [9.17, 15) is 14.4 Å². The molecule has 0 saturated heterocycles. The van der Waals surface area contributed by atoms with Gasteiger partial charge in [0.15, 0.2) is 6.79 Å². The first-order chi connectivity index (χ1) is 20.0. The van der Waals surface area contributed by atoms with E-state index in [2.05, 4.69) is 0 Å². The van der Waals surface area contributed by atoms with Gasteiger partial charge in [0.05, 0.1) is 49.7 Å². The van der Waals surface area contributed by atoms with Crippen molar-refractivity contribution in [3.8, 4) is 5.75 Å². The number of benzene rings is 3. The minimum absolute atomic E-state index is 0.00131. The lowest BCUT2D eigenvalue weighted by Crippen LogP contribution is -2.16. The van der Waals surface area contributed by atoms with Crippen molar-refractivity contribution < 1.29 is 47.5 Å². The Balaban J connectivity index is 1.22. The molecule has 41 heavy (non-hydrogen) atoms. The van der Waals surface area contributed by atoms with Gasteiger partial charge in [-0.1, -0.05) is 42.5 Å². The molecule has 0 spiro atoms. The van der Waals surface area contributed by atoms with Crippen LogP contribution in [0.4, 0.5) is 0 Å². The van der Waals surface area contributed by atoms with Crippen LogP contribution in [-0.2, 0) is 28.4 Å². The molecule has 0 fully saturated rings. The molecule has 3 aromatic carbocycles. The lowest BCUT2D eigenvalue weighted by atomic mass is 10.1. The molecule has 0 unspecified atom stereocenters. The predicted octanol–water partition coefficient (Wildman–Crippen LogP) is 4.25. The lowest BCUT2D eigenvalue weighted by molar-refractivity contribution is -0.0239. The van der Waals surface area contributed by atoms with Crippen molar-refractivity contribution in [2.24, 2.45) is 0 Å². The van der Waals surface area contributed by atoms with Crippen molar-refractivity contribution in [3.63, 3.8) is 0 Å². The largest absolute Gasteiger partial charge is 0.468 e. The maximum absolute atomic E-state index is 12.3. The molecule has 0 N–H and O–H groups in total. The number of ether oxygens (including phenoxy) is 7. The Morgan fingerprint density at radius 1 is 0.537 bits per heavy atom. The van der Waals surface area contributed by atoms with E-state index in [1.165, 1.54) is 12.1 Å². The van der Waals surface area contributed by atoms with Crippen molar-refractivity contribution in [1.29, 1.82) is 0 Å². The molecule has 0 aliphatic rings. The third-order valence-electron chi connectivity index (χ3n) is 5.51. The van der Waals surface area contributed by atoms with Gasteiger partial charge in [-0.2, -0.15) is 0 Å². The molecule has 0 bridgehead atoms. The second kappa shape index (κ2) is 18.2. The highest BCUT2D eigenvalue weighted by Crippen LogP contribution is 2.10. The molecular weight excluding hydrogens is 532 g/mol. The number of carbonyl (C=O) groups excluding carboxylic acids is 3. The average molecular weight is 567 g/mol. The Labute approximate surface area is 239 Å². The van der Waals surface area contributed by atoms with Crippen LogP contribution in [0.2, 0.25) is 0 Å². The quantitative estimate of drug-likeness (QED) is 0.0958. The molecule has 0 aliphatic heterocycles. The molecule has 0 heterocycles. The Kier molecular flexibility index (Phi) is 13.9. The van der Waals surface area contributed by atoms with Gasteiger partial charge >= 0.3 is 17.9 Å². The van der Waals surface area contributed by atoms with Crippen LogP contribution in [0.1, 0.15) is 36.6 Å². The molecule has 0 amide bonds. The molecular formula is C31H34O10. The van der Waals surface area contributed by atoms with Gasteiger partial charge in [0.1, 0.15) is 25.6 Å². The second-order valence-electron chi connectivity index (χ2n) is 8.51. The highest BCUT2D eigenvalue weighted by Gasteiger charge is 2.13.